The third-order valence-electron chi connectivity index (χ3n) is 6.21. The second kappa shape index (κ2) is 9.07. The lowest BCUT2D eigenvalue weighted by Crippen LogP contribution is -2.22. The Balaban J connectivity index is 1.24. The standard InChI is InChI=1S/C32H30O3/c1-21-17-22-18-26(21)20-27(19-22)31(33)25-9-13-29(14-10-25)34-28-11-5-23(6-12-28)24-7-15-30(16-8-24)35-32(2,3)4/h5-16,18-21H,17H2,1-4H3. The Morgan fingerprint density at radius 3 is 1.80 bits per heavy atom. The topological polar surface area (TPSA) is 35.5 Å². The van der Waals surface area contributed by atoms with Crippen molar-refractivity contribution >= 4 is 5.78 Å². The Morgan fingerprint density at radius 1 is 0.714 bits per heavy atom. The molecule has 1 atom stereocenters. The molecule has 3 heteroatoms. The Hall–Kier alpha value is -3.85. The summed E-state index contributed by atoms with van der Waals surface area (Å²) in [6, 6.07) is 29.7. The molecule has 0 heterocycles. The first-order chi connectivity index (χ1) is 16.7. The van der Waals surface area contributed by atoms with Gasteiger partial charge in [0.15, 0.2) is 5.78 Å². The summed E-state index contributed by atoms with van der Waals surface area (Å²) in [7, 11) is 0. The lowest BCUT2D eigenvalue weighted by Gasteiger charge is -2.21. The quantitative estimate of drug-likeness (QED) is 0.271. The molecule has 0 amide bonds. The van der Waals surface area contributed by atoms with E-state index in [0.29, 0.717) is 17.2 Å². The van der Waals surface area contributed by atoms with Crippen LogP contribution in [-0.2, 0) is 6.42 Å². The van der Waals surface area contributed by atoms with Gasteiger partial charge in [-0.1, -0.05) is 37.3 Å². The van der Waals surface area contributed by atoms with Gasteiger partial charge in [-0.25, -0.2) is 0 Å². The summed E-state index contributed by atoms with van der Waals surface area (Å²) in [5.41, 5.74) is 5.94. The fraction of sp³-hybridized carbons (Fsp3) is 0.219. The molecule has 1 unspecified atom stereocenters. The molecule has 1 aliphatic rings. The monoisotopic (exact) mass is 462 g/mol. The van der Waals surface area contributed by atoms with Gasteiger partial charge in [-0.15, -0.1) is 0 Å². The molecule has 0 spiro atoms. The van der Waals surface area contributed by atoms with E-state index in [1.807, 2.05) is 93.6 Å². The predicted molar refractivity (Wildman–Crippen MR) is 141 cm³/mol. The maximum Gasteiger partial charge on any atom is 0.193 e. The number of fused-ring (bicyclic) bond motifs is 2. The lowest BCUT2D eigenvalue weighted by molar-refractivity contribution is 0.103. The molecule has 4 aromatic carbocycles. The minimum absolute atomic E-state index is 0.0528. The summed E-state index contributed by atoms with van der Waals surface area (Å²) in [6.45, 7) is 8.32. The molecule has 5 rings (SSSR count). The highest BCUT2D eigenvalue weighted by Crippen LogP contribution is 2.32. The molecule has 0 saturated carbocycles. The molecule has 176 valence electrons. The number of hydrogen-bond donors (Lipinski definition) is 0. The van der Waals surface area contributed by atoms with E-state index in [4.69, 9.17) is 9.47 Å². The van der Waals surface area contributed by atoms with Crippen LogP contribution in [0.25, 0.3) is 11.1 Å². The largest absolute Gasteiger partial charge is 0.488 e. The number of carbonyl (C=O) groups excluding carboxylic acids is 1. The number of carbonyl (C=O) groups is 1. The van der Waals surface area contributed by atoms with Crippen molar-refractivity contribution < 1.29 is 14.3 Å². The maximum atomic E-state index is 13.0. The van der Waals surface area contributed by atoms with Crippen LogP contribution in [0.3, 0.4) is 0 Å². The molecule has 2 bridgehead atoms. The summed E-state index contributed by atoms with van der Waals surface area (Å²) < 4.78 is 11.9. The van der Waals surface area contributed by atoms with Gasteiger partial charge in [0, 0.05) is 11.1 Å². The molecular formula is C32H30O3. The minimum Gasteiger partial charge on any atom is -0.488 e. The normalized spacial score (nSPS) is 14.6. The zero-order valence-corrected chi connectivity index (χ0v) is 20.7. The van der Waals surface area contributed by atoms with E-state index in [9.17, 15) is 4.79 Å². The van der Waals surface area contributed by atoms with Crippen molar-refractivity contribution in [2.24, 2.45) is 0 Å². The number of ether oxygens (including phenoxy) is 2. The van der Waals surface area contributed by atoms with Crippen LogP contribution in [0.5, 0.6) is 17.2 Å². The number of rotatable bonds is 6. The van der Waals surface area contributed by atoms with E-state index in [2.05, 4.69) is 25.1 Å². The molecule has 4 aromatic rings. The van der Waals surface area contributed by atoms with Gasteiger partial charge < -0.3 is 9.47 Å². The summed E-state index contributed by atoms with van der Waals surface area (Å²) in [5.74, 6) is 2.86. The predicted octanol–water partition coefficient (Wildman–Crippen LogP) is 8.21. The zero-order valence-electron chi connectivity index (χ0n) is 20.7. The summed E-state index contributed by atoms with van der Waals surface area (Å²) in [5, 5.41) is 0. The lowest BCUT2D eigenvalue weighted by atomic mass is 10.0. The van der Waals surface area contributed by atoms with Crippen molar-refractivity contribution in [3.05, 3.63) is 113 Å². The fourth-order valence-corrected chi connectivity index (χ4v) is 4.48. The minimum atomic E-state index is -0.215. The van der Waals surface area contributed by atoms with Gasteiger partial charge in [-0.2, -0.15) is 0 Å². The first-order valence-electron chi connectivity index (χ1n) is 12.1. The van der Waals surface area contributed by atoms with Gasteiger partial charge in [0.05, 0.1) is 0 Å². The van der Waals surface area contributed by atoms with Gasteiger partial charge in [-0.3, -0.25) is 4.79 Å². The molecule has 1 aliphatic carbocycles. The van der Waals surface area contributed by atoms with Crippen LogP contribution in [0.4, 0.5) is 0 Å². The van der Waals surface area contributed by atoms with Gasteiger partial charge in [0.25, 0.3) is 0 Å². The fourth-order valence-electron chi connectivity index (χ4n) is 4.48. The molecule has 0 N–H and O–H groups in total. The van der Waals surface area contributed by atoms with Crippen molar-refractivity contribution in [1.29, 1.82) is 0 Å². The van der Waals surface area contributed by atoms with Gasteiger partial charge in [-0.05, 0) is 116 Å². The van der Waals surface area contributed by atoms with E-state index in [1.165, 1.54) is 11.1 Å². The zero-order chi connectivity index (χ0) is 24.6. The SMILES string of the molecule is CC1Cc2cc(C(=O)c3ccc(Oc4ccc(-c5ccc(OC(C)(C)C)cc5)cc4)cc3)cc1c2. The third kappa shape index (κ3) is 5.30. The van der Waals surface area contributed by atoms with Crippen LogP contribution < -0.4 is 9.47 Å². The van der Waals surface area contributed by atoms with Crippen LogP contribution in [0.2, 0.25) is 0 Å². The van der Waals surface area contributed by atoms with Crippen molar-refractivity contribution in [3.63, 3.8) is 0 Å². The molecular weight excluding hydrogens is 432 g/mol. The second-order valence-electron chi connectivity index (χ2n) is 10.3. The van der Waals surface area contributed by atoms with Gasteiger partial charge in [0.1, 0.15) is 22.8 Å². The average Bonchev–Trinajstić information content (AvgIpc) is 3.09. The molecule has 0 aromatic heterocycles. The third-order valence-corrected chi connectivity index (χ3v) is 6.21. The van der Waals surface area contributed by atoms with Crippen LogP contribution in [0.15, 0.2) is 91.0 Å². The van der Waals surface area contributed by atoms with Crippen LogP contribution >= 0.6 is 0 Å². The van der Waals surface area contributed by atoms with E-state index in [1.54, 1.807) is 0 Å². The Bertz CT molecular complexity index is 1340. The molecule has 0 fully saturated rings. The Kier molecular flexibility index (Phi) is 5.94. The molecule has 35 heavy (non-hydrogen) atoms. The molecule has 3 nitrogen and oxygen atoms in total. The van der Waals surface area contributed by atoms with Crippen molar-refractivity contribution in [1.82, 2.24) is 0 Å². The summed E-state index contributed by atoms with van der Waals surface area (Å²) in [4.78, 5) is 13.0. The van der Waals surface area contributed by atoms with E-state index < -0.39 is 0 Å². The van der Waals surface area contributed by atoms with Crippen molar-refractivity contribution in [2.45, 2.75) is 45.6 Å². The van der Waals surface area contributed by atoms with Crippen molar-refractivity contribution in [3.8, 4) is 28.4 Å². The first-order valence-corrected chi connectivity index (χ1v) is 12.1. The van der Waals surface area contributed by atoms with Gasteiger partial charge >= 0.3 is 0 Å². The Labute approximate surface area is 207 Å². The molecule has 0 radical (unpaired) electrons. The first kappa shape index (κ1) is 22.9. The summed E-state index contributed by atoms with van der Waals surface area (Å²) >= 11 is 0. The highest BCUT2D eigenvalue weighted by molar-refractivity contribution is 6.09. The highest BCUT2D eigenvalue weighted by atomic mass is 16.5. The number of ketones is 1. The molecule has 0 saturated heterocycles. The average molecular weight is 463 g/mol. The van der Waals surface area contributed by atoms with E-state index >= 15 is 0 Å². The maximum absolute atomic E-state index is 13.0. The van der Waals surface area contributed by atoms with Crippen LogP contribution in [0, 0.1) is 0 Å². The van der Waals surface area contributed by atoms with E-state index in [-0.39, 0.29) is 11.4 Å². The number of benzene rings is 4. The van der Waals surface area contributed by atoms with Crippen LogP contribution in [-0.4, -0.2) is 11.4 Å². The summed E-state index contributed by atoms with van der Waals surface area (Å²) in [6.07, 6.45) is 1.02. The van der Waals surface area contributed by atoms with Crippen molar-refractivity contribution in [2.75, 3.05) is 0 Å². The van der Waals surface area contributed by atoms with Gasteiger partial charge in [0.2, 0.25) is 0 Å². The smallest absolute Gasteiger partial charge is 0.193 e. The van der Waals surface area contributed by atoms with E-state index in [0.717, 1.165) is 34.6 Å². The second-order valence-corrected chi connectivity index (χ2v) is 10.3. The highest BCUT2D eigenvalue weighted by Gasteiger charge is 2.20. The molecule has 0 aliphatic heterocycles. The van der Waals surface area contributed by atoms with Crippen LogP contribution in [0.1, 0.15) is 60.7 Å². The number of hydrogen-bond acceptors (Lipinski definition) is 3. The Morgan fingerprint density at radius 2 is 1.26 bits per heavy atom.